The SMILES string of the molecule is CN(C)c1ccc(/C=N/NC(=O)c2ccc(CSc3ccccc3)cc2)cc1Br. The van der Waals surface area contributed by atoms with Crippen LogP contribution in [0.5, 0.6) is 0 Å². The Hall–Kier alpha value is -2.57. The third kappa shape index (κ3) is 6.21. The summed E-state index contributed by atoms with van der Waals surface area (Å²) in [6.07, 6.45) is 1.63. The first kappa shape index (κ1) is 21.1. The monoisotopic (exact) mass is 467 g/mol. The lowest BCUT2D eigenvalue weighted by Crippen LogP contribution is -2.17. The van der Waals surface area contributed by atoms with Crippen molar-refractivity contribution in [3.05, 3.63) is 94.0 Å². The summed E-state index contributed by atoms with van der Waals surface area (Å²) in [6, 6.07) is 23.8. The number of carbonyl (C=O) groups is 1. The van der Waals surface area contributed by atoms with E-state index in [0.29, 0.717) is 5.56 Å². The van der Waals surface area contributed by atoms with Crippen molar-refractivity contribution < 1.29 is 4.79 Å². The van der Waals surface area contributed by atoms with E-state index in [1.807, 2.05) is 79.7 Å². The van der Waals surface area contributed by atoms with Gasteiger partial charge in [-0.05, 0) is 63.5 Å². The summed E-state index contributed by atoms with van der Waals surface area (Å²) in [6.45, 7) is 0. The van der Waals surface area contributed by atoms with E-state index < -0.39 is 0 Å². The molecule has 0 aliphatic heterocycles. The average Bonchev–Trinajstić information content (AvgIpc) is 2.73. The molecule has 1 amide bonds. The van der Waals surface area contributed by atoms with Crippen molar-refractivity contribution >= 4 is 45.5 Å². The van der Waals surface area contributed by atoms with E-state index in [4.69, 9.17) is 0 Å². The minimum Gasteiger partial charge on any atom is -0.377 e. The average molecular weight is 468 g/mol. The Bertz CT molecular complexity index is 989. The van der Waals surface area contributed by atoms with Gasteiger partial charge >= 0.3 is 0 Å². The molecule has 0 saturated heterocycles. The van der Waals surface area contributed by atoms with Crippen molar-refractivity contribution in [3.63, 3.8) is 0 Å². The van der Waals surface area contributed by atoms with Gasteiger partial charge in [-0.3, -0.25) is 4.79 Å². The third-order valence-corrected chi connectivity index (χ3v) is 5.92. The van der Waals surface area contributed by atoms with Gasteiger partial charge in [0, 0.05) is 34.8 Å². The van der Waals surface area contributed by atoms with Crippen molar-refractivity contribution in [1.29, 1.82) is 0 Å². The lowest BCUT2D eigenvalue weighted by Gasteiger charge is -2.14. The Labute approximate surface area is 184 Å². The van der Waals surface area contributed by atoms with Gasteiger partial charge in [0.2, 0.25) is 0 Å². The zero-order chi connectivity index (χ0) is 20.6. The quantitative estimate of drug-likeness (QED) is 0.280. The summed E-state index contributed by atoms with van der Waals surface area (Å²) in [5.41, 5.74) is 6.31. The van der Waals surface area contributed by atoms with Crippen LogP contribution in [0, 0.1) is 0 Å². The van der Waals surface area contributed by atoms with E-state index in [2.05, 4.69) is 38.6 Å². The number of thioether (sulfide) groups is 1. The second-order valence-electron chi connectivity index (χ2n) is 6.60. The molecule has 0 heterocycles. The van der Waals surface area contributed by atoms with E-state index in [0.717, 1.165) is 21.5 Å². The minimum atomic E-state index is -0.229. The predicted molar refractivity (Wildman–Crippen MR) is 126 cm³/mol. The van der Waals surface area contributed by atoms with E-state index >= 15 is 0 Å². The van der Waals surface area contributed by atoms with Crippen molar-refractivity contribution in [1.82, 2.24) is 5.43 Å². The van der Waals surface area contributed by atoms with Crippen LogP contribution in [0.15, 0.2) is 87.3 Å². The molecule has 4 nitrogen and oxygen atoms in total. The minimum absolute atomic E-state index is 0.229. The summed E-state index contributed by atoms with van der Waals surface area (Å²) in [4.78, 5) is 15.5. The number of anilines is 1. The van der Waals surface area contributed by atoms with E-state index in [-0.39, 0.29) is 5.91 Å². The molecule has 1 N–H and O–H groups in total. The van der Waals surface area contributed by atoms with Gasteiger partial charge in [-0.25, -0.2) is 5.43 Å². The molecule has 0 aliphatic rings. The Morgan fingerprint density at radius 2 is 1.79 bits per heavy atom. The standard InChI is InChI=1S/C23H22BrN3OS/c1-27(2)22-13-10-18(14-21(22)24)15-25-26-23(28)19-11-8-17(9-12-19)16-29-20-6-4-3-5-7-20/h3-15H,16H2,1-2H3,(H,26,28)/b25-15+. The van der Waals surface area contributed by atoms with Crippen LogP contribution in [0.3, 0.4) is 0 Å². The van der Waals surface area contributed by atoms with Crippen molar-refractivity contribution in [3.8, 4) is 0 Å². The summed E-state index contributed by atoms with van der Waals surface area (Å²) in [7, 11) is 3.97. The molecule has 0 aromatic heterocycles. The van der Waals surface area contributed by atoms with Gasteiger partial charge in [-0.1, -0.05) is 36.4 Å². The second kappa shape index (κ2) is 10.3. The number of hydrazone groups is 1. The third-order valence-electron chi connectivity index (χ3n) is 4.20. The maximum Gasteiger partial charge on any atom is 0.271 e. The Kier molecular flexibility index (Phi) is 7.49. The van der Waals surface area contributed by atoms with Crippen molar-refractivity contribution in [2.75, 3.05) is 19.0 Å². The molecule has 0 bridgehead atoms. The number of nitrogens with zero attached hydrogens (tertiary/aromatic N) is 2. The Morgan fingerprint density at radius 3 is 2.45 bits per heavy atom. The largest absolute Gasteiger partial charge is 0.377 e. The summed E-state index contributed by atoms with van der Waals surface area (Å²) < 4.78 is 0.974. The van der Waals surface area contributed by atoms with Crippen LogP contribution in [-0.2, 0) is 5.75 Å². The van der Waals surface area contributed by atoms with Crippen LogP contribution in [0.25, 0.3) is 0 Å². The molecular formula is C23H22BrN3OS. The van der Waals surface area contributed by atoms with E-state index in [1.54, 1.807) is 18.0 Å². The highest BCUT2D eigenvalue weighted by Crippen LogP contribution is 2.25. The molecule has 6 heteroatoms. The predicted octanol–water partition coefficient (Wildman–Crippen LogP) is 5.57. The fourth-order valence-corrected chi connectivity index (χ4v) is 4.26. The first-order valence-corrected chi connectivity index (χ1v) is 10.9. The molecule has 0 aliphatic carbocycles. The maximum atomic E-state index is 12.3. The van der Waals surface area contributed by atoms with Gasteiger partial charge < -0.3 is 4.90 Å². The number of nitrogens with one attached hydrogen (secondary N) is 1. The zero-order valence-corrected chi connectivity index (χ0v) is 18.7. The smallest absolute Gasteiger partial charge is 0.271 e. The molecule has 3 aromatic rings. The van der Waals surface area contributed by atoms with Crippen LogP contribution >= 0.6 is 27.7 Å². The van der Waals surface area contributed by atoms with Gasteiger partial charge in [0.1, 0.15) is 0 Å². The van der Waals surface area contributed by atoms with E-state index in [9.17, 15) is 4.79 Å². The summed E-state index contributed by atoms with van der Waals surface area (Å²) >= 11 is 5.32. The normalized spacial score (nSPS) is 10.9. The molecule has 148 valence electrons. The molecule has 3 aromatic carbocycles. The Balaban J connectivity index is 1.54. The van der Waals surface area contributed by atoms with Crippen LogP contribution in [-0.4, -0.2) is 26.2 Å². The van der Waals surface area contributed by atoms with Gasteiger partial charge in [0.05, 0.1) is 11.9 Å². The van der Waals surface area contributed by atoms with Crippen molar-refractivity contribution in [2.24, 2.45) is 5.10 Å². The molecule has 0 fully saturated rings. The number of benzene rings is 3. The molecule has 29 heavy (non-hydrogen) atoms. The van der Waals surface area contributed by atoms with Crippen LogP contribution in [0.1, 0.15) is 21.5 Å². The van der Waals surface area contributed by atoms with Crippen LogP contribution in [0.4, 0.5) is 5.69 Å². The molecular weight excluding hydrogens is 446 g/mol. The number of carbonyl (C=O) groups excluding carboxylic acids is 1. The molecule has 3 rings (SSSR count). The number of hydrogen-bond donors (Lipinski definition) is 1. The van der Waals surface area contributed by atoms with Gasteiger partial charge in [0.15, 0.2) is 0 Å². The number of hydrogen-bond acceptors (Lipinski definition) is 4. The van der Waals surface area contributed by atoms with Crippen LogP contribution in [0.2, 0.25) is 0 Å². The lowest BCUT2D eigenvalue weighted by atomic mass is 10.1. The first-order valence-electron chi connectivity index (χ1n) is 9.10. The van der Waals surface area contributed by atoms with E-state index in [1.165, 1.54) is 10.5 Å². The van der Waals surface area contributed by atoms with Crippen LogP contribution < -0.4 is 10.3 Å². The number of rotatable bonds is 7. The maximum absolute atomic E-state index is 12.3. The first-order chi connectivity index (χ1) is 14.0. The topological polar surface area (TPSA) is 44.7 Å². The van der Waals surface area contributed by atoms with Gasteiger partial charge in [-0.2, -0.15) is 5.10 Å². The fourth-order valence-electron chi connectivity index (χ4n) is 2.63. The molecule has 0 saturated carbocycles. The number of halogens is 1. The zero-order valence-electron chi connectivity index (χ0n) is 16.3. The highest BCUT2D eigenvalue weighted by Gasteiger charge is 2.05. The summed E-state index contributed by atoms with van der Waals surface area (Å²) in [5.74, 6) is 0.634. The van der Waals surface area contributed by atoms with Gasteiger partial charge in [0.25, 0.3) is 5.91 Å². The molecule has 0 atom stereocenters. The molecule has 0 unspecified atom stereocenters. The highest BCUT2D eigenvalue weighted by atomic mass is 79.9. The summed E-state index contributed by atoms with van der Waals surface area (Å²) in [5, 5.41) is 4.07. The molecule has 0 radical (unpaired) electrons. The van der Waals surface area contributed by atoms with Crippen molar-refractivity contribution in [2.45, 2.75) is 10.6 Å². The molecule has 0 spiro atoms. The highest BCUT2D eigenvalue weighted by molar-refractivity contribution is 9.10. The van der Waals surface area contributed by atoms with Gasteiger partial charge in [-0.15, -0.1) is 11.8 Å². The fraction of sp³-hybridized carbons (Fsp3) is 0.130. The second-order valence-corrected chi connectivity index (χ2v) is 8.51. The Morgan fingerprint density at radius 1 is 1.07 bits per heavy atom. The number of amides is 1. The lowest BCUT2D eigenvalue weighted by molar-refractivity contribution is 0.0955.